The number of nitrogens with zero attached hydrogens (tertiary/aromatic N) is 2. The molecule has 0 saturated heterocycles. The molecular formula is C58H38N2. The second-order valence-electron chi connectivity index (χ2n) is 15.7. The lowest BCUT2D eigenvalue weighted by Gasteiger charge is -2.19. The summed E-state index contributed by atoms with van der Waals surface area (Å²) in [6, 6.07) is 84.4. The van der Waals surface area contributed by atoms with Crippen molar-refractivity contribution >= 4 is 54.4 Å². The fourth-order valence-electron chi connectivity index (χ4n) is 9.52. The molecule has 0 atom stereocenters. The summed E-state index contributed by atoms with van der Waals surface area (Å²) >= 11 is 0. The van der Waals surface area contributed by atoms with E-state index in [1.807, 2.05) is 0 Å². The van der Waals surface area contributed by atoms with Crippen molar-refractivity contribution in [1.82, 2.24) is 9.13 Å². The highest BCUT2D eigenvalue weighted by molar-refractivity contribution is 6.10. The molecule has 0 aliphatic carbocycles. The minimum absolute atomic E-state index is 1.14. The van der Waals surface area contributed by atoms with Crippen molar-refractivity contribution in [3.63, 3.8) is 0 Å². The molecule has 0 aliphatic rings. The summed E-state index contributed by atoms with van der Waals surface area (Å²) in [5, 5.41) is 7.52. The third kappa shape index (κ3) is 5.50. The summed E-state index contributed by atoms with van der Waals surface area (Å²) in [4.78, 5) is 0. The minimum Gasteiger partial charge on any atom is -0.309 e. The summed E-state index contributed by atoms with van der Waals surface area (Å²) in [5.41, 5.74) is 16.7. The van der Waals surface area contributed by atoms with Crippen LogP contribution in [0.1, 0.15) is 0 Å². The number of hydrogen-bond acceptors (Lipinski definition) is 0. The Balaban J connectivity index is 1.04. The van der Waals surface area contributed by atoms with Crippen molar-refractivity contribution in [3.8, 4) is 55.9 Å². The molecular weight excluding hydrogens is 725 g/mol. The predicted molar refractivity (Wildman–Crippen MR) is 254 cm³/mol. The molecule has 2 heterocycles. The van der Waals surface area contributed by atoms with Crippen LogP contribution in [0.3, 0.4) is 0 Å². The fourth-order valence-corrected chi connectivity index (χ4v) is 9.52. The second-order valence-corrected chi connectivity index (χ2v) is 15.7. The van der Waals surface area contributed by atoms with Gasteiger partial charge >= 0.3 is 0 Å². The van der Waals surface area contributed by atoms with Crippen LogP contribution in [0.2, 0.25) is 0 Å². The predicted octanol–water partition coefficient (Wildman–Crippen LogP) is 15.7. The Labute approximate surface area is 348 Å². The molecule has 12 rings (SSSR count). The lowest BCUT2D eigenvalue weighted by Crippen LogP contribution is -1.97. The van der Waals surface area contributed by atoms with E-state index in [1.54, 1.807) is 0 Å². The van der Waals surface area contributed by atoms with Gasteiger partial charge in [-0.15, -0.1) is 0 Å². The second kappa shape index (κ2) is 13.9. The largest absolute Gasteiger partial charge is 0.309 e. The Kier molecular flexibility index (Phi) is 7.89. The highest BCUT2D eigenvalue weighted by Crippen LogP contribution is 2.43. The molecule has 2 heteroatoms. The Bertz CT molecular complexity index is 3480. The molecule has 2 aromatic heterocycles. The van der Waals surface area contributed by atoms with Crippen molar-refractivity contribution in [3.05, 3.63) is 231 Å². The normalized spacial score (nSPS) is 11.7. The maximum absolute atomic E-state index is 2.42. The molecule has 0 unspecified atom stereocenters. The first kappa shape index (κ1) is 34.1. The average Bonchev–Trinajstić information content (AvgIpc) is 3.85. The fraction of sp³-hybridized carbons (Fsp3) is 0. The summed E-state index contributed by atoms with van der Waals surface area (Å²) in [7, 11) is 0. The van der Waals surface area contributed by atoms with Crippen LogP contribution in [0.5, 0.6) is 0 Å². The van der Waals surface area contributed by atoms with Crippen LogP contribution >= 0.6 is 0 Å². The van der Waals surface area contributed by atoms with Gasteiger partial charge in [-0.05, 0) is 116 Å². The van der Waals surface area contributed by atoms with Crippen LogP contribution < -0.4 is 0 Å². The molecule has 0 bridgehead atoms. The summed E-state index contributed by atoms with van der Waals surface area (Å²) in [6.07, 6.45) is 0. The molecule has 0 fully saturated rings. The monoisotopic (exact) mass is 762 g/mol. The van der Waals surface area contributed by atoms with Gasteiger partial charge in [-0.2, -0.15) is 0 Å². The van der Waals surface area contributed by atoms with Gasteiger partial charge in [0.1, 0.15) is 0 Å². The quantitative estimate of drug-likeness (QED) is 0.160. The number of rotatable bonds is 6. The molecule has 60 heavy (non-hydrogen) atoms. The number of hydrogen-bond donors (Lipinski definition) is 0. The molecule has 2 nitrogen and oxygen atoms in total. The summed E-state index contributed by atoms with van der Waals surface area (Å²) in [6.45, 7) is 0. The van der Waals surface area contributed by atoms with E-state index in [-0.39, 0.29) is 0 Å². The van der Waals surface area contributed by atoms with Crippen LogP contribution in [0.25, 0.3) is 110 Å². The Morgan fingerprint density at radius 3 is 1.25 bits per heavy atom. The molecule has 12 aromatic rings. The molecule has 280 valence electrons. The first-order valence-corrected chi connectivity index (χ1v) is 20.7. The molecule has 0 aliphatic heterocycles. The van der Waals surface area contributed by atoms with Gasteiger partial charge in [0.25, 0.3) is 0 Å². The maximum atomic E-state index is 2.42. The first-order valence-electron chi connectivity index (χ1n) is 20.7. The van der Waals surface area contributed by atoms with Gasteiger partial charge < -0.3 is 9.13 Å². The van der Waals surface area contributed by atoms with Crippen LogP contribution in [-0.2, 0) is 0 Å². The number of para-hydroxylation sites is 4. The SMILES string of the molecule is c1ccc(-c2cc(-c3ccc(-n4c5ccccc5c5ccccc54)cc3)ccc2-c2ccc(-n3c4ccccc4c4ccccc43)cc2-c2ccc3ccccc3c2)cc1. The van der Waals surface area contributed by atoms with Gasteiger partial charge in [-0.1, -0.05) is 170 Å². The van der Waals surface area contributed by atoms with Crippen LogP contribution in [-0.4, -0.2) is 9.13 Å². The molecule has 0 N–H and O–H groups in total. The Morgan fingerprint density at radius 2 is 0.650 bits per heavy atom. The number of aromatic nitrogens is 2. The van der Waals surface area contributed by atoms with E-state index >= 15 is 0 Å². The summed E-state index contributed by atoms with van der Waals surface area (Å²) < 4.78 is 4.80. The van der Waals surface area contributed by atoms with E-state index in [2.05, 4.69) is 240 Å². The zero-order chi connectivity index (χ0) is 39.6. The zero-order valence-electron chi connectivity index (χ0n) is 32.8. The molecule has 0 amide bonds. The first-order chi connectivity index (χ1) is 29.8. The van der Waals surface area contributed by atoms with Gasteiger partial charge in [-0.3, -0.25) is 0 Å². The van der Waals surface area contributed by atoms with E-state index in [0.717, 1.165) is 11.4 Å². The van der Waals surface area contributed by atoms with Gasteiger partial charge in [-0.25, -0.2) is 0 Å². The maximum Gasteiger partial charge on any atom is 0.0541 e. The van der Waals surface area contributed by atoms with Crippen LogP contribution in [0, 0.1) is 0 Å². The van der Waals surface area contributed by atoms with Gasteiger partial charge in [0, 0.05) is 32.9 Å². The highest BCUT2D eigenvalue weighted by Gasteiger charge is 2.19. The molecule has 0 spiro atoms. The van der Waals surface area contributed by atoms with Crippen LogP contribution in [0.15, 0.2) is 231 Å². The van der Waals surface area contributed by atoms with Crippen LogP contribution in [0.4, 0.5) is 0 Å². The minimum atomic E-state index is 1.14. The van der Waals surface area contributed by atoms with Crippen molar-refractivity contribution in [2.45, 2.75) is 0 Å². The van der Waals surface area contributed by atoms with E-state index in [0.29, 0.717) is 0 Å². The van der Waals surface area contributed by atoms with E-state index in [1.165, 1.54) is 98.9 Å². The van der Waals surface area contributed by atoms with Crippen molar-refractivity contribution in [2.24, 2.45) is 0 Å². The van der Waals surface area contributed by atoms with E-state index in [4.69, 9.17) is 0 Å². The third-order valence-corrected chi connectivity index (χ3v) is 12.3. The Hall–Kier alpha value is -7.94. The third-order valence-electron chi connectivity index (χ3n) is 12.3. The number of benzene rings is 10. The molecule has 0 saturated carbocycles. The highest BCUT2D eigenvalue weighted by atomic mass is 15.0. The van der Waals surface area contributed by atoms with Crippen molar-refractivity contribution in [2.75, 3.05) is 0 Å². The van der Waals surface area contributed by atoms with Gasteiger partial charge in [0.2, 0.25) is 0 Å². The van der Waals surface area contributed by atoms with Gasteiger partial charge in [0.05, 0.1) is 22.1 Å². The van der Waals surface area contributed by atoms with Crippen molar-refractivity contribution < 1.29 is 0 Å². The lowest BCUT2D eigenvalue weighted by atomic mass is 9.87. The lowest BCUT2D eigenvalue weighted by molar-refractivity contribution is 1.18. The number of fused-ring (bicyclic) bond motifs is 7. The topological polar surface area (TPSA) is 9.86 Å². The van der Waals surface area contributed by atoms with Gasteiger partial charge in [0.15, 0.2) is 0 Å². The summed E-state index contributed by atoms with van der Waals surface area (Å²) in [5.74, 6) is 0. The van der Waals surface area contributed by atoms with E-state index in [9.17, 15) is 0 Å². The Morgan fingerprint density at radius 1 is 0.217 bits per heavy atom. The average molecular weight is 763 g/mol. The smallest absolute Gasteiger partial charge is 0.0541 e. The van der Waals surface area contributed by atoms with E-state index < -0.39 is 0 Å². The standard InChI is InChI=1S/C58H38N2/c1-2-15-41(16-3-1)53-37-43(40-28-31-45(32-29-40)59-55-22-10-6-18-49(55)50-19-7-11-23-56(50)59)30-34-47(53)48-35-33-46(38-54(48)44-27-26-39-14-4-5-17-42(39)36-44)60-57-24-12-8-20-51(57)52-21-9-13-25-58(52)60/h1-38H. The molecule has 10 aromatic carbocycles. The van der Waals surface area contributed by atoms with Crippen molar-refractivity contribution in [1.29, 1.82) is 0 Å². The zero-order valence-corrected chi connectivity index (χ0v) is 32.8. The molecule has 0 radical (unpaired) electrons.